The lowest BCUT2D eigenvalue weighted by Crippen LogP contribution is -2.16. The van der Waals surface area contributed by atoms with Gasteiger partial charge in [-0.15, -0.1) is 0 Å². The van der Waals surface area contributed by atoms with Gasteiger partial charge < -0.3 is 10.1 Å². The van der Waals surface area contributed by atoms with Gasteiger partial charge >= 0.3 is 5.97 Å². The molecule has 3 nitrogen and oxygen atoms in total. The highest BCUT2D eigenvalue weighted by Gasteiger charge is 2.13. The second-order valence-corrected chi connectivity index (χ2v) is 2.65. The largest absolute Gasteiger partial charge is 0.468 e. The van der Waals surface area contributed by atoms with Gasteiger partial charge in [0.1, 0.15) is 6.54 Å². The summed E-state index contributed by atoms with van der Waals surface area (Å²) in [6, 6.07) is 1.76. The van der Waals surface area contributed by atoms with Crippen molar-refractivity contribution >= 4 is 11.7 Å². The Kier molecular flexibility index (Phi) is 3.54. The molecule has 0 aromatic heterocycles. The molecule has 1 aromatic carbocycles. The smallest absolute Gasteiger partial charge is 0.325 e. The zero-order valence-electron chi connectivity index (χ0n) is 7.81. The van der Waals surface area contributed by atoms with Gasteiger partial charge in [-0.2, -0.15) is 0 Å². The predicted molar refractivity (Wildman–Crippen MR) is 46.8 cm³/mol. The van der Waals surface area contributed by atoms with Crippen LogP contribution in [0.3, 0.4) is 0 Å². The SMILES string of the molecule is COC(=O)CNc1ccc(F)c(F)c1F. The number of hydrogen-bond donors (Lipinski definition) is 1. The number of esters is 1. The molecule has 0 saturated carbocycles. The zero-order valence-corrected chi connectivity index (χ0v) is 7.81. The molecular weight excluding hydrogens is 211 g/mol. The normalized spacial score (nSPS) is 9.87. The van der Waals surface area contributed by atoms with Crippen LogP contribution in [-0.2, 0) is 9.53 Å². The molecule has 82 valence electrons. The molecule has 15 heavy (non-hydrogen) atoms. The third-order valence-corrected chi connectivity index (χ3v) is 1.69. The number of benzene rings is 1. The van der Waals surface area contributed by atoms with E-state index in [2.05, 4.69) is 10.1 Å². The average Bonchev–Trinajstić information content (AvgIpc) is 2.24. The first-order valence-electron chi connectivity index (χ1n) is 4.00. The minimum absolute atomic E-state index is 0.292. The third-order valence-electron chi connectivity index (χ3n) is 1.69. The van der Waals surface area contributed by atoms with Crippen LogP contribution in [-0.4, -0.2) is 19.6 Å². The van der Waals surface area contributed by atoms with Crippen LogP contribution < -0.4 is 5.32 Å². The summed E-state index contributed by atoms with van der Waals surface area (Å²) in [5.41, 5.74) is -0.292. The van der Waals surface area contributed by atoms with Gasteiger partial charge in [0.25, 0.3) is 0 Å². The summed E-state index contributed by atoms with van der Waals surface area (Å²) in [5, 5.41) is 2.28. The quantitative estimate of drug-likeness (QED) is 0.621. The van der Waals surface area contributed by atoms with Crippen molar-refractivity contribution in [2.75, 3.05) is 19.0 Å². The first kappa shape index (κ1) is 11.4. The molecule has 1 N–H and O–H groups in total. The van der Waals surface area contributed by atoms with Crippen molar-refractivity contribution in [3.63, 3.8) is 0 Å². The lowest BCUT2D eigenvalue weighted by atomic mass is 10.3. The third kappa shape index (κ3) is 2.61. The van der Waals surface area contributed by atoms with E-state index in [0.29, 0.717) is 0 Å². The molecule has 0 aliphatic rings. The molecular formula is C9H8F3NO2. The molecule has 6 heteroatoms. The van der Waals surface area contributed by atoms with E-state index in [1.807, 2.05) is 0 Å². The highest BCUT2D eigenvalue weighted by atomic mass is 19.2. The van der Waals surface area contributed by atoms with Crippen molar-refractivity contribution in [3.8, 4) is 0 Å². The first-order valence-corrected chi connectivity index (χ1v) is 4.00. The summed E-state index contributed by atoms with van der Waals surface area (Å²) in [5.74, 6) is -4.86. The fourth-order valence-electron chi connectivity index (χ4n) is 0.902. The number of ether oxygens (including phenoxy) is 1. The number of nitrogens with one attached hydrogen (secondary N) is 1. The van der Waals surface area contributed by atoms with E-state index >= 15 is 0 Å². The molecule has 0 amide bonds. The van der Waals surface area contributed by atoms with E-state index in [1.165, 1.54) is 0 Å². The van der Waals surface area contributed by atoms with Crippen LogP contribution in [0.5, 0.6) is 0 Å². The minimum Gasteiger partial charge on any atom is -0.468 e. The fraction of sp³-hybridized carbons (Fsp3) is 0.222. The van der Waals surface area contributed by atoms with Crippen molar-refractivity contribution in [2.45, 2.75) is 0 Å². The Balaban J connectivity index is 2.78. The van der Waals surface area contributed by atoms with Crippen LogP contribution in [0.2, 0.25) is 0 Å². The van der Waals surface area contributed by atoms with Gasteiger partial charge in [0.2, 0.25) is 0 Å². The number of rotatable bonds is 3. The molecule has 1 rings (SSSR count). The number of anilines is 1. The first-order chi connectivity index (χ1) is 7.06. The van der Waals surface area contributed by atoms with Crippen molar-refractivity contribution in [3.05, 3.63) is 29.6 Å². The van der Waals surface area contributed by atoms with Crippen molar-refractivity contribution in [2.24, 2.45) is 0 Å². The van der Waals surface area contributed by atoms with E-state index in [-0.39, 0.29) is 12.2 Å². The molecule has 1 aromatic rings. The molecule has 0 heterocycles. The Morgan fingerprint density at radius 1 is 1.33 bits per heavy atom. The summed E-state index contributed by atoms with van der Waals surface area (Å²) in [4.78, 5) is 10.7. The van der Waals surface area contributed by atoms with Crippen LogP contribution in [0, 0.1) is 17.5 Å². The Bertz CT molecular complexity index is 382. The van der Waals surface area contributed by atoms with Crippen molar-refractivity contribution in [1.82, 2.24) is 0 Å². The number of halogens is 3. The number of methoxy groups -OCH3 is 1. The van der Waals surface area contributed by atoms with E-state index in [4.69, 9.17) is 0 Å². The molecule has 0 fully saturated rings. The molecule has 0 bridgehead atoms. The summed E-state index contributed by atoms with van der Waals surface area (Å²) in [6.07, 6.45) is 0. The maximum atomic E-state index is 13.0. The van der Waals surface area contributed by atoms with Gasteiger partial charge in [0, 0.05) is 0 Å². The van der Waals surface area contributed by atoms with Gasteiger partial charge in [-0.1, -0.05) is 0 Å². The Hall–Kier alpha value is -1.72. The average molecular weight is 219 g/mol. The predicted octanol–water partition coefficient (Wildman–Crippen LogP) is 1.69. The summed E-state index contributed by atoms with van der Waals surface area (Å²) in [7, 11) is 1.16. The molecule has 0 aliphatic carbocycles. The minimum atomic E-state index is -1.58. The lowest BCUT2D eigenvalue weighted by molar-refractivity contribution is -0.138. The van der Waals surface area contributed by atoms with Crippen LogP contribution in [0.4, 0.5) is 18.9 Å². The molecule has 0 saturated heterocycles. The van der Waals surface area contributed by atoms with Gasteiger partial charge in [-0.05, 0) is 12.1 Å². The number of hydrogen-bond acceptors (Lipinski definition) is 3. The molecule has 0 aliphatic heterocycles. The molecule has 0 radical (unpaired) electrons. The van der Waals surface area contributed by atoms with Gasteiger partial charge in [-0.3, -0.25) is 4.79 Å². The van der Waals surface area contributed by atoms with E-state index in [1.54, 1.807) is 0 Å². The van der Waals surface area contributed by atoms with E-state index in [0.717, 1.165) is 19.2 Å². The number of carbonyl (C=O) groups is 1. The zero-order chi connectivity index (χ0) is 11.4. The van der Waals surface area contributed by atoms with Gasteiger partial charge in [0.15, 0.2) is 17.5 Å². The summed E-state index contributed by atoms with van der Waals surface area (Å²) < 4.78 is 42.4. The van der Waals surface area contributed by atoms with Crippen LogP contribution >= 0.6 is 0 Å². The fourth-order valence-corrected chi connectivity index (χ4v) is 0.902. The second-order valence-electron chi connectivity index (χ2n) is 2.65. The lowest BCUT2D eigenvalue weighted by Gasteiger charge is -2.06. The summed E-state index contributed by atoms with van der Waals surface area (Å²) in [6.45, 7) is -0.321. The van der Waals surface area contributed by atoms with Crippen LogP contribution in [0.1, 0.15) is 0 Å². The molecule has 0 atom stereocenters. The van der Waals surface area contributed by atoms with Crippen molar-refractivity contribution in [1.29, 1.82) is 0 Å². The standard InChI is InChI=1S/C9H8F3NO2/c1-15-7(14)4-13-6-3-2-5(10)8(11)9(6)12/h2-3,13H,4H2,1H3. The number of carbonyl (C=O) groups excluding carboxylic acids is 1. The maximum absolute atomic E-state index is 13.0. The highest BCUT2D eigenvalue weighted by molar-refractivity contribution is 5.74. The van der Waals surface area contributed by atoms with Crippen LogP contribution in [0.15, 0.2) is 12.1 Å². The topological polar surface area (TPSA) is 38.3 Å². The maximum Gasteiger partial charge on any atom is 0.325 e. The Morgan fingerprint density at radius 3 is 2.60 bits per heavy atom. The second kappa shape index (κ2) is 4.68. The van der Waals surface area contributed by atoms with Crippen molar-refractivity contribution < 1.29 is 22.7 Å². The van der Waals surface area contributed by atoms with E-state index in [9.17, 15) is 18.0 Å². The van der Waals surface area contributed by atoms with E-state index < -0.39 is 23.4 Å². The van der Waals surface area contributed by atoms with Crippen LogP contribution in [0.25, 0.3) is 0 Å². The molecule has 0 spiro atoms. The Labute approximate surface area is 83.8 Å². The Morgan fingerprint density at radius 2 is 2.00 bits per heavy atom. The van der Waals surface area contributed by atoms with Gasteiger partial charge in [-0.25, -0.2) is 13.2 Å². The summed E-state index contributed by atoms with van der Waals surface area (Å²) >= 11 is 0. The van der Waals surface area contributed by atoms with Gasteiger partial charge in [0.05, 0.1) is 12.8 Å². The molecule has 0 unspecified atom stereocenters. The monoisotopic (exact) mass is 219 g/mol. The highest BCUT2D eigenvalue weighted by Crippen LogP contribution is 2.19.